The summed E-state index contributed by atoms with van der Waals surface area (Å²) in [5.41, 5.74) is 2.55. The highest BCUT2D eigenvalue weighted by molar-refractivity contribution is 6.34. The van der Waals surface area contributed by atoms with E-state index in [2.05, 4.69) is 11.9 Å². The summed E-state index contributed by atoms with van der Waals surface area (Å²) >= 11 is 6.50. The Morgan fingerprint density at radius 3 is 2.79 bits per heavy atom. The maximum absolute atomic E-state index is 12.8. The van der Waals surface area contributed by atoms with Crippen molar-refractivity contribution in [3.8, 4) is 11.3 Å². The molecule has 1 fully saturated rings. The van der Waals surface area contributed by atoms with Crippen molar-refractivity contribution in [1.29, 1.82) is 0 Å². The molecule has 1 aromatic carbocycles. The minimum absolute atomic E-state index is 0.0649. The number of fused-ring (bicyclic) bond motifs is 1. The van der Waals surface area contributed by atoms with Crippen LogP contribution in [0.1, 0.15) is 30.1 Å². The number of benzene rings is 1. The minimum atomic E-state index is -0.0921. The molecule has 3 heterocycles. The van der Waals surface area contributed by atoms with Crippen molar-refractivity contribution in [3.63, 3.8) is 0 Å². The van der Waals surface area contributed by atoms with Gasteiger partial charge in [0.15, 0.2) is 0 Å². The van der Waals surface area contributed by atoms with Crippen LogP contribution < -0.4 is 5.56 Å². The number of hydrogen-bond donors (Lipinski definition) is 0. The van der Waals surface area contributed by atoms with Crippen molar-refractivity contribution in [2.45, 2.75) is 26.3 Å². The van der Waals surface area contributed by atoms with E-state index in [4.69, 9.17) is 16.3 Å². The van der Waals surface area contributed by atoms with Crippen LogP contribution in [0.3, 0.4) is 0 Å². The highest BCUT2D eigenvalue weighted by Crippen LogP contribution is 2.27. The summed E-state index contributed by atoms with van der Waals surface area (Å²) in [5.74, 6) is -0.0921. The maximum atomic E-state index is 12.8. The van der Waals surface area contributed by atoms with Gasteiger partial charge in [-0.2, -0.15) is 0 Å². The molecule has 0 aliphatic carbocycles. The van der Waals surface area contributed by atoms with E-state index in [1.54, 1.807) is 38.5 Å². The Labute approximate surface area is 173 Å². The molecule has 29 heavy (non-hydrogen) atoms. The molecular weight excluding hydrogens is 392 g/mol. The van der Waals surface area contributed by atoms with E-state index in [-0.39, 0.29) is 11.5 Å². The number of ether oxygens (including phenoxy) is 1. The first-order valence-corrected chi connectivity index (χ1v) is 10.2. The molecule has 0 saturated carbocycles. The number of carbonyl (C=O) groups excluding carboxylic acids is 1. The fourth-order valence-corrected chi connectivity index (χ4v) is 3.82. The van der Waals surface area contributed by atoms with E-state index in [1.165, 1.54) is 0 Å². The zero-order valence-corrected chi connectivity index (χ0v) is 17.1. The molecule has 1 saturated heterocycles. The molecule has 8 heteroatoms. The number of nitrogens with zero attached hydrogens (tertiary/aromatic N) is 4. The van der Waals surface area contributed by atoms with Gasteiger partial charge in [-0.15, -0.1) is 0 Å². The Morgan fingerprint density at radius 1 is 1.28 bits per heavy atom. The normalized spacial score (nSPS) is 14.5. The van der Waals surface area contributed by atoms with Gasteiger partial charge in [0.25, 0.3) is 11.5 Å². The molecule has 4 rings (SSSR count). The van der Waals surface area contributed by atoms with Gasteiger partial charge in [-0.1, -0.05) is 31.0 Å². The fraction of sp³-hybridized carbons (Fsp3) is 0.381. The Kier molecular flexibility index (Phi) is 5.69. The van der Waals surface area contributed by atoms with E-state index in [1.807, 2.05) is 12.3 Å². The van der Waals surface area contributed by atoms with Crippen molar-refractivity contribution < 1.29 is 9.53 Å². The second kappa shape index (κ2) is 8.39. The van der Waals surface area contributed by atoms with Crippen LogP contribution in [0.5, 0.6) is 0 Å². The van der Waals surface area contributed by atoms with E-state index in [0.717, 1.165) is 24.1 Å². The summed E-state index contributed by atoms with van der Waals surface area (Å²) in [6.45, 7) is 4.95. The zero-order valence-electron chi connectivity index (χ0n) is 16.3. The van der Waals surface area contributed by atoms with Crippen molar-refractivity contribution in [1.82, 2.24) is 18.9 Å². The molecule has 7 nitrogen and oxygen atoms in total. The SMILES string of the molecule is CCCCn1cc(-c2ccc(C(=O)N3CCOCC3)c(Cl)c2)n2cncc2c1=O. The standard InChI is InChI=1S/C21H23ClN4O3/c1-2-3-6-25-13-19(26-14-23-12-18(26)21(25)28)15-4-5-16(17(22)11-15)20(27)24-7-9-29-10-8-24/h4-5,11-14H,2-3,6-10H2,1H3. The average molecular weight is 415 g/mol. The topological polar surface area (TPSA) is 68.8 Å². The summed E-state index contributed by atoms with van der Waals surface area (Å²) in [6, 6.07) is 5.39. The molecular formula is C21H23ClN4O3. The highest BCUT2D eigenvalue weighted by atomic mass is 35.5. The number of imidazole rings is 1. The largest absolute Gasteiger partial charge is 0.378 e. The van der Waals surface area contributed by atoms with Crippen LogP contribution in [0.25, 0.3) is 16.8 Å². The van der Waals surface area contributed by atoms with Gasteiger partial charge in [0.2, 0.25) is 0 Å². The minimum Gasteiger partial charge on any atom is -0.378 e. The molecule has 0 atom stereocenters. The van der Waals surface area contributed by atoms with Gasteiger partial charge in [0, 0.05) is 31.4 Å². The van der Waals surface area contributed by atoms with Crippen molar-refractivity contribution in [2.24, 2.45) is 0 Å². The molecule has 3 aromatic rings. The number of aryl methyl sites for hydroxylation is 1. The molecule has 0 spiro atoms. The Bertz CT molecular complexity index is 1100. The first kappa shape index (κ1) is 19.7. The van der Waals surface area contributed by atoms with Crippen LogP contribution in [0.2, 0.25) is 5.02 Å². The van der Waals surface area contributed by atoms with E-state index >= 15 is 0 Å². The second-order valence-corrected chi connectivity index (χ2v) is 7.52. The molecule has 0 N–H and O–H groups in total. The summed E-state index contributed by atoms with van der Waals surface area (Å²) in [5, 5.41) is 0.388. The van der Waals surface area contributed by atoms with Crippen LogP contribution in [0.4, 0.5) is 0 Å². The Hall–Kier alpha value is -2.64. The maximum Gasteiger partial charge on any atom is 0.276 e. The zero-order chi connectivity index (χ0) is 20.4. The van der Waals surface area contributed by atoms with Gasteiger partial charge >= 0.3 is 0 Å². The van der Waals surface area contributed by atoms with Crippen LogP contribution in [0.15, 0.2) is 41.7 Å². The van der Waals surface area contributed by atoms with Crippen LogP contribution in [-0.2, 0) is 11.3 Å². The van der Waals surface area contributed by atoms with Crippen molar-refractivity contribution in [2.75, 3.05) is 26.3 Å². The van der Waals surface area contributed by atoms with Crippen molar-refractivity contribution >= 4 is 23.0 Å². The molecule has 2 aromatic heterocycles. The molecule has 1 aliphatic rings. The number of aromatic nitrogens is 3. The summed E-state index contributed by atoms with van der Waals surface area (Å²) in [7, 11) is 0. The van der Waals surface area contributed by atoms with Gasteiger partial charge < -0.3 is 14.2 Å². The lowest BCUT2D eigenvalue weighted by molar-refractivity contribution is 0.0303. The van der Waals surface area contributed by atoms with Crippen LogP contribution in [0, 0.1) is 0 Å². The van der Waals surface area contributed by atoms with Gasteiger partial charge in [-0.05, 0) is 18.6 Å². The van der Waals surface area contributed by atoms with E-state index in [0.29, 0.717) is 49.0 Å². The summed E-state index contributed by atoms with van der Waals surface area (Å²) < 4.78 is 8.79. The van der Waals surface area contributed by atoms with Gasteiger partial charge in [-0.3, -0.25) is 14.0 Å². The lowest BCUT2D eigenvalue weighted by Gasteiger charge is -2.27. The predicted molar refractivity (Wildman–Crippen MR) is 112 cm³/mol. The third kappa shape index (κ3) is 3.80. The third-order valence-corrected chi connectivity index (χ3v) is 5.51. The van der Waals surface area contributed by atoms with Crippen LogP contribution in [-0.4, -0.2) is 51.1 Å². The fourth-order valence-electron chi connectivity index (χ4n) is 3.55. The number of halogens is 1. The predicted octanol–water partition coefficient (Wildman–Crippen LogP) is 3.09. The average Bonchev–Trinajstić information content (AvgIpc) is 3.24. The number of amides is 1. The highest BCUT2D eigenvalue weighted by Gasteiger charge is 2.21. The molecule has 0 bridgehead atoms. The molecule has 0 unspecified atom stereocenters. The number of rotatable bonds is 5. The molecule has 0 radical (unpaired) electrons. The van der Waals surface area contributed by atoms with Crippen molar-refractivity contribution in [3.05, 3.63) is 57.9 Å². The number of carbonyl (C=O) groups is 1. The third-order valence-electron chi connectivity index (χ3n) is 5.20. The molecule has 1 aliphatic heterocycles. The second-order valence-electron chi connectivity index (χ2n) is 7.11. The summed E-state index contributed by atoms with van der Waals surface area (Å²) in [4.78, 5) is 31.4. The lowest BCUT2D eigenvalue weighted by Crippen LogP contribution is -2.40. The first-order chi connectivity index (χ1) is 14.1. The number of morpholine rings is 1. The quantitative estimate of drug-likeness (QED) is 0.643. The summed E-state index contributed by atoms with van der Waals surface area (Å²) in [6.07, 6.45) is 6.94. The monoisotopic (exact) mass is 414 g/mol. The number of unbranched alkanes of at least 4 members (excludes halogenated alkanes) is 1. The van der Waals surface area contributed by atoms with E-state index < -0.39 is 0 Å². The smallest absolute Gasteiger partial charge is 0.276 e. The van der Waals surface area contributed by atoms with Crippen LogP contribution >= 0.6 is 11.6 Å². The van der Waals surface area contributed by atoms with E-state index in [9.17, 15) is 9.59 Å². The van der Waals surface area contributed by atoms with Gasteiger partial charge in [-0.25, -0.2) is 4.98 Å². The Morgan fingerprint density at radius 2 is 2.07 bits per heavy atom. The number of hydrogen-bond acceptors (Lipinski definition) is 4. The lowest BCUT2D eigenvalue weighted by atomic mass is 10.1. The van der Waals surface area contributed by atoms with Gasteiger partial charge in [0.05, 0.1) is 42.0 Å². The van der Waals surface area contributed by atoms with Gasteiger partial charge in [0.1, 0.15) is 5.52 Å². The molecule has 1 amide bonds. The first-order valence-electron chi connectivity index (χ1n) is 9.82. The Balaban J connectivity index is 1.73. The molecule has 152 valence electrons.